The van der Waals surface area contributed by atoms with Crippen molar-refractivity contribution < 1.29 is 0 Å². The maximum absolute atomic E-state index is 3.90. The minimum Gasteiger partial charge on any atom is -0.313 e. The predicted molar refractivity (Wildman–Crippen MR) is 78.8 cm³/mol. The predicted octanol–water partition coefficient (Wildman–Crippen LogP) is 4.22. The smallest absolute Gasteiger partial charge is 0.0198 e. The minimum absolute atomic E-state index is 0.807. The second-order valence-electron chi connectivity index (χ2n) is 5.93. The van der Waals surface area contributed by atoms with Gasteiger partial charge in [-0.3, -0.25) is 0 Å². The van der Waals surface area contributed by atoms with E-state index in [4.69, 9.17) is 0 Å². The zero-order chi connectivity index (χ0) is 11.9. The molecule has 2 saturated carbocycles. The Morgan fingerprint density at radius 3 is 2.24 bits per heavy atom. The lowest BCUT2D eigenvalue weighted by molar-refractivity contribution is 0.339. The zero-order valence-electron chi connectivity index (χ0n) is 11.4. The molecular weight excluding hydrogens is 226 g/mol. The van der Waals surface area contributed by atoms with E-state index in [9.17, 15) is 0 Å². The van der Waals surface area contributed by atoms with Gasteiger partial charge in [0.1, 0.15) is 0 Å². The largest absolute Gasteiger partial charge is 0.313 e. The Morgan fingerprint density at radius 1 is 0.882 bits per heavy atom. The van der Waals surface area contributed by atoms with Crippen molar-refractivity contribution in [3.8, 4) is 0 Å². The molecule has 0 amide bonds. The summed E-state index contributed by atoms with van der Waals surface area (Å²) in [5.74, 6) is 0.974. The normalized spacial score (nSPS) is 32.3. The summed E-state index contributed by atoms with van der Waals surface area (Å²) in [7, 11) is 0. The minimum atomic E-state index is 0.807. The van der Waals surface area contributed by atoms with Gasteiger partial charge in [-0.1, -0.05) is 38.5 Å². The van der Waals surface area contributed by atoms with E-state index in [0.29, 0.717) is 0 Å². The maximum Gasteiger partial charge on any atom is 0.0198 e. The topological polar surface area (TPSA) is 12.0 Å². The van der Waals surface area contributed by atoms with Crippen molar-refractivity contribution in [2.45, 2.75) is 75.5 Å². The first-order valence-corrected chi connectivity index (χ1v) is 8.95. The van der Waals surface area contributed by atoms with Gasteiger partial charge in [0.15, 0.2) is 0 Å². The van der Waals surface area contributed by atoms with Gasteiger partial charge in [0, 0.05) is 11.3 Å². The van der Waals surface area contributed by atoms with Gasteiger partial charge >= 0.3 is 0 Å². The fraction of sp³-hybridized carbons (Fsp3) is 1.00. The van der Waals surface area contributed by atoms with E-state index < -0.39 is 0 Å². The summed E-state index contributed by atoms with van der Waals surface area (Å²) in [6.07, 6.45) is 16.9. The van der Waals surface area contributed by atoms with Crippen molar-refractivity contribution in [1.82, 2.24) is 5.32 Å². The van der Waals surface area contributed by atoms with E-state index in [2.05, 4.69) is 23.3 Å². The standard InChI is InChI=1S/C15H29NS/c1-17-15-11-7-6-10-14(15)16-12-13-8-4-2-3-5-9-13/h13-16H,2-12H2,1H3. The molecule has 2 aliphatic rings. The molecule has 2 unspecified atom stereocenters. The summed E-state index contributed by atoms with van der Waals surface area (Å²) >= 11 is 2.08. The summed E-state index contributed by atoms with van der Waals surface area (Å²) in [5.41, 5.74) is 0. The third-order valence-electron chi connectivity index (χ3n) is 4.65. The Balaban J connectivity index is 1.71. The Kier molecular flexibility index (Phi) is 6.21. The molecule has 2 atom stereocenters. The van der Waals surface area contributed by atoms with Gasteiger partial charge in [0.2, 0.25) is 0 Å². The molecule has 0 radical (unpaired) electrons. The SMILES string of the molecule is CSC1CCCCC1NCC1CCCCCC1. The second-order valence-corrected chi connectivity index (χ2v) is 7.01. The van der Waals surface area contributed by atoms with Gasteiger partial charge in [0.25, 0.3) is 0 Å². The number of hydrogen-bond donors (Lipinski definition) is 1. The Morgan fingerprint density at radius 2 is 1.53 bits per heavy atom. The number of hydrogen-bond acceptors (Lipinski definition) is 2. The van der Waals surface area contributed by atoms with E-state index in [-0.39, 0.29) is 0 Å². The van der Waals surface area contributed by atoms with Crippen LogP contribution < -0.4 is 5.32 Å². The first kappa shape index (κ1) is 13.7. The molecule has 2 heteroatoms. The van der Waals surface area contributed by atoms with Crippen LogP contribution in [0.4, 0.5) is 0 Å². The van der Waals surface area contributed by atoms with E-state index in [1.54, 1.807) is 0 Å². The molecule has 2 rings (SSSR count). The van der Waals surface area contributed by atoms with Gasteiger partial charge in [-0.15, -0.1) is 0 Å². The van der Waals surface area contributed by atoms with Crippen molar-refractivity contribution in [3.63, 3.8) is 0 Å². The zero-order valence-corrected chi connectivity index (χ0v) is 12.2. The fourth-order valence-corrected chi connectivity index (χ4v) is 4.46. The van der Waals surface area contributed by atoms with E-state index in [0.717, 1.165) is 17.2 Å². The highest BCUT2D eigenvalue weighted by atomic mass is 32.2. The molecule has 1 N–H and O–H groups in total. The molecule has 0 aliphatic heterocycles. The summed E-state index contributed by atoms with van der Waals surface area (Å²) < 4.78 is 0. The van der Waals surface area contributed by atoms with Crippen LogP contribution >= 0.6 is 11.8 Å². The lowest BCUT2D eigenvalue weighted by Crippen LogP contribution is -2.42. The quantitative estimate of drug-likeness (QED) is 0.755. The lowest BCUT2D eigenvalue weighted by Gasteiger charge is -2.32. The molecule has 0 saturated heterocycles. The second kappa shape index (κ2) is 7.68. The van der Waals surface area contributed by atoms with Crippen LogP contribution in [0.15, 0.2) is 0 Å². The van der Waals surface area contributed by atoms with Gasteiger partial charge < -0.3 is 5.32 Å². The molecule has 2 aliphatic carbocycles. The van der Waals surface area contributed by atoms with Crippen LogP contribution in [0.1, 0.15) is 64.2 Å². The van der Waals surface area contributed by atoms with Crippen LogP contribution in [0.5, 0.6) is 0 Å². The molecule has 0 heterocycles. The van der Waals surface area contributed by atoms with Crippen LogP contribution in [0, 0.1) is 5.92 Å². The van der Waals surface area contributed by atoms with Gasteiger partial charge in [-0.25, -0.2) is 0 Å². The number of thioether (sulfide) groups is 1. The van der Waals surface area contributed by atoms with Crippen LogP contribution in [-0.2, 0) is 0 Å². The molecule has 0 aromatic carbocycles. The summed E-state index contributed by atoms with van der Waals surface area (Å²) in [6, 6.07) is 0.807. The Hall–Kier alpha value is 0.310. The van der Waals surface area contributed by atoms with Crippen molar-refractivity contribution in [2.75, 3.05) is 12.8 Å². The Labute approximate surface area is 112 Å². The van der Waals surface area contributed by atoms with Gasteiger partial charge in [-0.05, 0) is 44.4 Å². The van der Waals surface area contributed by atoms with Crippen molar-refractivity contribution >= 4 is 11.8 Å². The molecule has 0 spiro atoms. The highest BCUT2D eigenvalue weighted by Crippen LogP contribution is 2.28. The molecule has 17 heavy (non-hydrogen) atoms. The molecule has 0 bridgehead atoms. The maximum atomic E-state index is 3.90. The molecule has 100 valence electrons. The number of rotatable bonds is 4. The van der Waals surface area contributed by atoms with Crippen molar-refractivity contribution in [3.05, 3.63) is 0 Å². The lowest BCUT2D eigenvalue weighted by atomic mass is 9.93. The summed E-state index contributed by atoms with van der Waals surface area (Å²) in [6.45, 7) is 1.29. The highest BCUT2D eigenvalue weighted by Gasteiger charge is 2.24. The Bertz CT molecular complexity index is 199. The van der Waals surface area contributed by atoms with Gasteiger partial charge in [-0.2, -0.15) is 11.8 Å². The van der Waals surface area contributed by atoms with E-state index in [1.807, 2.05) is 0 Å². The third-order valence-corrected chi connectivity index (χ3v) is 5.82. The average molecular weight is 255 g/mol. The monoisotopic (exact) mass is 255 g/mol. The molecular formula is C15H29NS. The summed E-state index contributed by atoms with van der Waals surface area (Å²) in [5, 5.41) is 4.78. The fourth-order valence-electron chi connectivity index (χ4n) is 3.50. The van der Waals surface area contributed by atoms with Crippen LogP contribution in [0.2, 0.25) is 0 Å². The van der Waals surface area contributed by atoms with Crippen molar-refractivity contribution in [2.24, 2.45) is 5.92 Å². The molecule has 0 aromatic heterocycles. The third kappa shape index (κ3) is 4.48. The van der Waals surface area contributed by atoms with Gasteiger partial charge in [0.05, 0.1) is 0 Å². The molecule has 2 fully saturated rings. The highest BCUT2D eigenvalue weighted by molar-refractivity contribution is 7.99. The van der Waals surface area contributed by atoms with Crippen LogP contribution in [0.25, 0.3) is 0 Å². The molecule has 0 aromatic rings. The van der Waals surface area contributed by atoms with Crippen LogP contribution in [-0.4, -0.2) is 24.1 Å². The number of nitrogens with one attached hydrogen (secondary N) is 1. The van der Waals surface area contributed by atoms with Crippen LogP contribution in [0.3, 0.4) is 0 Å². The summed E-state index contributed by atoms with van der Waals surface area (Å²) in [4.78, 5) is 0. The molecule has 1 nitrogen and oxygen atoms in total. The first-order chi connectivity index (χ1) is 8.40. The first-order valence-electron chi connectivity index (χ1n) is 7.66. The van der Waals surface area contributed by atoms with E-state index in [1.165, 1.54) is 70.8 Å². The average Bonchev–Trinajstić information content (AvgIpc) is 2.65. The van der Waals surface area contributed by atoms with Crippen molar-refractivity contribution in [1.29, 1.82) is 0 Å². The van der Waals surface area contributed by atoms with E-state index >= 15 is 0 Å².